The summed E-state index contributed by atoms with van der Waals surface area (Å²) in [5, 5.41) is 27.7. The van der Waals surface area contributed by atoms with Gasteiger partial charge in [0.1, 0.15) is 18.3 Å². The van der Waals surface area contributed by atoms with E-state index in [2.05, 4.69) is 8.92 Å². The summed E-state index contributed by atoms with van der Waals surface area (Å²) in [7, 11) is -4.82. The van der Waals surface area contributed by atoms with Gasteiger partial charge in [0.2, 0.25) is 0 Å². The Labute approximate surface area is 86.0 Å². The van der Waals surface area contributed by atoms with Gasteiger partial charge in [-0.2, -0.15) is 8.42 Å². The van der Waals surface area contributed by atoms with Crippen LogP contribution in [0.5, 0.6) is 0 Å². The summed E-state index contributed by atoms with van der Waals surface area (Å²) in [6.07, 6.45) is -7.53. The van der Waals surface area contributed by atoms with Gasteiger partial charge in [0, 0.05) is 0 Å². The summed E-state index contributed by atoms with van der Waals surface area (Å²) < 4.78 is 37.9. The van der Waals surface area contributed by atoms with Crippen LogP contribution in [0.4, 0.5) is 0 Å². The van der Waals surface area contributed by atoms with Gasteiger partial charge >= 0.3 is 10.4 Å². The second-order valence-corrected chi connectivity index (χ2v) is 4.25. The van der Waals surface area contributed by atoms with Crippen molar-refractivity contribution in [1.82, 2.24) is 0 Å². The molecule has 0 amide bonds. The van der Waals surface area contributed by atoms with E-state index < -0.39 is 41.1 Å². The topological polar surface area (TPSA) is 134 Å². The van der Waals surface area contributed by atoms with Crippen LogP contribution in [0.2, 0.25) is 0 Å². The van der Waals surface area contributed by atoms with Crippen molar-refractivity contribution >= 4 is 10.4 Å². The molecular formula is C6H12O8S. The summed E-state index contributed by atoms with van der Waals surface area (Å²) in [6.45, 7) is 1.35. The minimum Gasteiger partial charge on any atom is -0.388 e. The molecule has 1 rings (SSSR count). The molecule has 0 saturated carbocycles. The predicted octanol–water partition coefficient (Wildman–Crippen LogP) is -2.37. The zero-order valence-electron chi connectivity index (χ0n) is 7.72. The van der Waals surface area contributed by atoms with E-state index in [4.69, 9.17) is 9.66 Å². The lowest BCUT2D eigenvalue weighted by Gasteiger charge is -2.38. The fourth-order valence-electron chi connectivity index (χ4n) is 1.27. The predicted molar refractivity (Wildman–Crippen MR) is 45.0 cm³/mol. The third-order valence-electron chi connectivity index (χ3n) is 2.03. The zero-order valence-corrected chi connectivity index (χ0v) is 8.53. The Hall–Kier alpha value is -0.290. The average Bonchev–Trinajstić information content (AvgIpc) is 2.08. The van der Waals surface area contributed by atoms with Gasteiger partial charge < -0.3 is 20.1 Å². The second-order valence-electron chi connectivity index (χ2n) is 3.20. The molecule has 0 aromatic carbocycles. The lowest BCUT2D eigenvalue weighted by Crippen LogP contribution is -2.58. The van der Waals surface area contributed by atoms with Gasteiger partial charge in [0.05, 0.1) is 6.10 Å². The highest BCUT2D eigenvalue weighted by atomic mass is 32.3. The van der Waals surface area contributed by atoms with Crippen molar-refractivity contribution in [1.29, 1.82) is 0 Å². The fourth-order valence-corrected chi connectivity index (χ4v) is 1.78. The van der Waals surface area contributed by atoms with Gasteiger partial charge in [0.25, 0.3) is 0 Å². The lowest BCUT2D eigenvalue weighted by atomic mass is 10.0. The Bertz CT molecular complexity index is 299. The van der Waals surface area contributed by atoms with Crippen LogP contribution < -0.4 is 0 Å². The van der Waals surface area contributed by atoms with Gasteiger partial charge in [-0.05, 0) is 6.92 Å². The van der Waals surface area contributed by atoms with E-state index in [9.17, 15) is 18.6 Å². The number of hydrogen-bond acceptors (Lipinski definition) is 7. The van der Waals surface area contributed by atoms with Crippen molar-refractivity contribution in [3.63, 3.8) is 0 Å². The average molecular weight is 244 g/mol. The Morgan fingerprint density at radius 2 is 1.73 bits per heavy atom. The molecule has 0 unspecified atom stereocenters. The molecule has 0 aromatic heterocycles. The van der Waals surface area contributed by atoms with E-state index in [0.717, 1.165) is 0 Å². The first-order valence-corrected chi connectivity index (χ1v) is 5.44. The van der Waals surface area contributed by atoms with Crippen LogP contribution in [0.3, 0.4) is 0 Å². The van der Waals surface area contributed by atoms with E-state index >= 15 is 0 Å². The van der Waals surface area contributed by atoms with E-state index in [1.54, 1.807) is 0 Å². The third kappa shape index (κ3) is 3.08. The normalized spacial score (nSPS) is 42.9. The first-order chi connectivity index (χ1) is 6.72. The second kappa shape index (κ2) is 4.29. The van der Waals surface area contributed by atoms with Crippen molar-refractivity contribution in [3.05, 3.63) is 0 Å². The Balaban J connectivity index is 2.82. The quantitative estimate of drug-likeness (QED) is 0.396. The van der Waals surface area contributed by atoms with Crippen molar-refractivity contribution in [3.8, 4) is 0 Å². The highest BCUT2D eigenvalue weighted by molar-refractivity contribution is 7.80. The van der Waals surface area contributed by atoms with Crippen LogP contribution in [-0.4, -0.2) is 59.0 Å². The number of aliphatic hydroxyl groups excluding tert-OH is 3. The van der Waals surface area contributed by atoms with Crippen LogP contribution in [0.15, 0.2) is 0 Å². The van der Waals surface area contributed by atoms with Crippen LogP contribution in [-0.2, 0) is 19.3 Å². The highest BCUT2D eigenvalue weighted by Crippen LogP contribution is 2.22. The van der Waals surface area contributed by atoms with Crippen molar-refractivity contribution in [2.45, 2.75) is 37.6 Å². The monoisotopic (exact) mass is 244 g/mol. The van der Waals surface area contributed by atoms with Gasteiger partial charge in [-0.25, -0.2) is 4.18 Å². The molecule has 1 aliphatic rings. The molecule has 8 nitrogen and oxygen atoms in total. The fraction of sp³-hybridized carbons (Fsp3) is 1.00. The molecule has 9 heteroatoms. The summed E-state index contributed by atoms with van der Waals surface area (Å²) in [4.78, 5) is 0. The number of ether oxygens (including phenoxy) is 1. The molecule has 1 fully saturated rings. The maximum atomic E-state index is 10.4. The van der Waals surface area contributed by atoms with Crippen molar-refractivity contribution < 1.29 is 37.2 Å². The van der Waals surface area contributed by atoms with Crippen LogP contribution in [0.1, 0.15) is 6.92 Å². The molecule has 1 aliphatic heterocycles. The first-order valence-electron chi connectivity index (χ1n) is 4.07. The molecule has 90 valence electrons. The van der Waals surface area contributed by atoms with Gasteiger partial charge in [0.15, 0.2) is 6.29 Å². The molecule has 1 heterocycles. The van der Waals surface area contributed by atoms with Gasteiger partial charge in [-0.15, -0.1) is 0 Å². The molecule has 1 saturated heterocycles. The lowest BCUT2D eigenvalue weighted by molar-refractivity contribution is -0.272. The standard InChI is InChI=1S/C6H12O8S/c1-2-3(7)5(14-15(10,11)12)4(8)6(9)13-2/h2-9H,1H3,(H,10,11,12)/t2-,3-,4+,5+,6-/m0/s1. The number of aliphatic hydroxyl groups is 3. The minimum atomic E-state index is -4.82. The summed E-state index contributed by atoms with van der Waals surface area (Å²) >= 11 is 0. The van der Waals surface area contributed by atoms with Crippen LogP contribution >= 0.6 is 0 Å². The van der Waals surface area contributed by atoms with Crippen molar-refractivity contribution in [2.24, 2.45) is 0 Å². The number of hydrogen-bond donors (Lipinski definition) is 4. The third-order valence-corrected chi connectivity index (χ3v) is 2.50. The molecule has 0 bridgehead atoms. The zero-order chi connectivity index (χ0) is 11.8. The maximum absolute atomic E-state index is 10.4. The molecule has 0 radical (unpaired) electrons. The molecular weight excluding hydrogens is 232 g/mol. The molecule has 15 heavy (non-hydrogen) atoms. The number of rotatable bonds is 2. The minimum absolute atomic E-state index is 0.935. The smallest absolute Gasteiger partial charge is 0.388 e. The molecule has 0 spiro atoms. The van der Waals surface area contributed by atoms with E-state index in [-0.39, 0.29) is 0 Å². The molecule has 0 aromatic rings. The van der Waals surface area contributed by atoms with Crippen LogP contribution in [0.25, 0.3) is 0 Å². The maximum Gasteiger partial charge on any atom is 0.397 e. The van der Waals surface area contributed by atoms with E-state index in [1.807, 2.05) is 0 Å². The highest BCUT2D eigenvalue weighted by Gasteiger charge is 2.45. The van der Waals surface area contributed by atoms with Crippen LogP contribution in [0, 0.1) is 0 Å². The van der Waals surface area contributed by atoms with Gasteiger partial charge in [-0.1, -0.05) is 0 Å². The van der Waals surface area contributed by atoms with E-state index in [1.165, 1.54) is 6.92 Å². The Morgan fingerprint density at radius 3 is 2.20 bits per heavy atom. The summed E-state index contributed by atoms with van der Waals surface area (Å²) in [5.74, 6) is 0. The van der Waals surface area contributed by atoms with Crippen molar-refractivity contribution in [2.75, 3.05) is 0 Å². The molecule has 4 N–H and O–H groups in total. The first kappa shape index (κ1) is 12.8. The summed E-state index contributed by atoms with van der Waals surface area (Å²) in [6, 6.07) is 0. The SMILES string of the molecule is C[C@@H]1O[C@H](O)[C@H](O)[C@H](OS(=O)(=O)O)[C@H]1O. The summed E-state index contributed by atoms with van der Waals surface area (Å²) in [5.41, 5.74) is 0. The molecule has 0 aliphatic carbocycles. The van der Waals surface area contributed by atoms with Gasteiger partial charge in [-0.3, -0.25) is 4.55 Å². The molecule has 5 atom stereocenters. The Kier molecular flexibility index (Phi) is 3.66. The van der Waals surface area contributed by atoms with E-state index in [0.29, 0.717) is 0 Å². The largest absolute Gasteiger partial charge is 0.397 e. The Morgan fingerprint density at radius 1 is 1.20 bits per heavy atom.